The predicted molar refractivity (Wildman–Crippen MR) is 104 cm³/mol. The summed E-state index contributed by atoms with van der Waals surface area (Å²) in [5, 5.41) is 12.6. The van der Waals surface area contributed by atoms with Crippen molar-refractivity contribution in [3.8, 4) is 0 Å². The molecule has 1 heterocycles. The molecule has 1 aliphatic rings. The number of nitrogens with one attached hydrogen (secondary N) is 3. The second-order valence-corrected chi connectivity index (χ2v) is 7.70. The second-order valence-electron chi connectivity index (χ2n) is 6.76. The largest absolute Gasteiger partial charge is 0.334 e. The molecule has 3 N–H and O–H groups in total. The van der Waals surface area contributed by atoms with Gasteiger partial charge in [0.2, 0.25) is 11.1 Å². The number of aromatic nitrogens is 3. The molecule has 1 fully saturated rings. The fraction of sp³-hybridized carbons (Fsp3) is 0.474. The van der Waals surface area contributed by atoms with Crippen molar-refractivity contribution in [3.05, 3.63) is 41.7 Å². The highest BCUT2D eigenvalue weighted by molar-refractivity contribution is 7.99. The molecule has 0 atom stereocenters. The summed E-state index contributed by atoms with van der Waals surface area (Å²) in [5.74, 6) is 1.40. The van der Waals surface area contributed by atoms with E-state index >= 15 is 0 Å². The Morgan fingerprint density at radius 3 is 2.74 bits per heavy atom. The number of rotatable bonds is 8. The first-order chi connectivity index (χ1) is 13.2. The monoisotopic (exact) mass is 387 g/mol. The Labute approximate surface area is 163 Å². The summed E-state index contributed by atoms with van der Waals surface area (Å²) < 4.78 is 0. The molecule has 144 valence electrons. The smallest absolute Gasteiger partial charge is 0.321 e. The molecule has 3 amide bonds. The normalized spacial score (nSPS) is 14.2. The number of amides is 3. The molecule has 0 aliphatic heterocycles. The van der Waals surface area contributed by atoms with Crippen LogP contribution in [-0.2, 0) is 17.8 Å². The number of H-pyrrole nitrogens is 1. The minimum atomic E-state index is -0.503. The Bertz CT molecular complexity index is 744. The highest BCUT2D eigenvalue weighted by Crippen LogP contribution is 2.28. The summed E-state index contributed by atoms with van der Waals surface area (Å²) in [6, 6.07) is 9.02. The number of hydrogen-bond acceptors (Lipinski definition) is 5. The van der Waals surface area contributed by atoms with Crippen LogP contribution in [0.3, 0.4) is 0 Å². The Morgan fingerprint density at radius 1 is 1.19 bits per heavy atom. The van der Waals surface area contributed by atoms with Crippen LogP contribution in [0.4, 0.5) is 4.79 Å². The number of benzene rings is 1. The van der Waals surface area contributed by atoms with Gasteiger partial charge in [0.1, 0.15) is 5.82 Å². The summed E-state index contributed by atoms with van der Waals surface area (Å²) in [6.45, 7) is 0.373. The number of aryl methyl sites for hydroxylation is 1. The van der Waals surface area contributed by atoms with Crippen molar-refractivity contribution < 1.29 is 9.59 Å². The maximum atomic E-state index is 11.9. The topological polar surface area (TPSA) is 99.8 Å². The molecule has 1 saturated carbocycles. The highest BCUT2D eigenvalue weighted by atomic mass is 32.2. The average molecular weight is 388 g/mol. The van der Waals surface area contributed by atoms with Crippen molar-refractivity contribution in [2.75, 3.05) is 5.75 Å². The van der Waals surface area contributed by atoms with Gasteiger partial charge in [-0.25, -0.2) is 9.78 Å². The summed E-state index contributed by atoms with van der Waals surface area (Å²) in [4.78, 5) is 28.1. The Kier molecular flexibility index (Phi) is 7.27. The lowest BCUT2D eigenvalue weighted by Gasteiger charge is -2.06. The van der Waals surface area contributed by atoms with Gasteiger partial charge in [0.05, 0.1) is 5.75 Å². The minimum absolute atomic E-state index is 0.0959. The summed E-state index contributed by atoms with van der Waals surface area (Å²) in [7, 11) is 0. The van der Waals surface area contributed by atoms with E-state index in [4.69, 9.17) is 0 Å². The number of nitrogens with zero attached hydrogens (tertiary/aromatic N) is 2. The van der Waals surface area contributed by atoms with Gasteiger partial charge in [-0.2, -0.15) is 0 Å². The van der Waals surface area contributed by atoms with E-state index in [9.17, 15) is 9.59 Å². The van der Waals surface area contributed by atoms with E-state index in [1.54, 1.807) is 0 Å². The van der Waals surface area contributed by atoms with Gasteiger partial charge >= 0.3 is 6.03 Å². The first-order valence-electron chi connectivity index (χ1n) is 9.35. The fourth-order valence-corrected chi connectivity index (χ4v) is 3.83. The molecule has 8 heteroatoms. The second kappa shape index (κ2) is 10.1. The molecular weight excluding hydrogens is 362 g/mol. The zero-order chi connectivity index (χ0) is 18.9. The molecule has 27 heavy (non-hydrogen) atoms. The average Bonchev–Trinajstić information content (AvgIpc) is 3.36. The molecule has 0 spiro atoms. The fourth-order valence-electron chi connectivity index (χ4n) is 3.21. The Balaban J connectivity index is 1.33. The van der Waals surface area contributed by atoms with Crippen LogP contribution in [0.25, 0.3) is 0 Å². The van der Waals surface area contributed by atoms with E-state index in [-0.39, 0.29) is 11.7 Å². The van der Waals surface area contributed by atoms with Crippen molar-refractivity contribution >= 4 is 23.7 Å². The molecule has 0 unspecified atom stereocenters. The molecule has 1 aromatic heterocycles. The molecule has 0 bridgehead atoms. The van der Waals surface area contributed by atoms with Crippen molar-refractivity contribution in [1.82, 2.24) is 25.8 Å². The van der Waals surface area contributed by atoms with Crippen LogP contribution in [-0.4, -0.2) is 32.9 Å². The van der Waals surface area contributed by atoms with Crippen molar-refractivity contribution in [2.24, 2.45) is 5.92 Å². The Morgan fingerprint density at radius 2 is 1.96 bits per heavy atom. The van der Waals surface area contributed by atoms with Gasteiger partial charge in [-0.3, -0.25) is 15.2 Å². The number of hydrogen-bond donors (Lipinski definition) is 3. The summed E-state index contributed by atoms with van der Waals surface area (Å²) >= 11 is 1.22. The van der Waals surface area contributed by atoms with E-state index in [1.165, 1.54) is 37.4 Å². The predicted octanol–water partition coefficient (Wildman–Crippen LogP) is 3.05. The van der Waals surface area contributed by atoms with Crippen molar-refractivity contribution in [3.63, 3.8) is 0 Å². The third kappa shape index (κ3) is 6.71. The van der Waals surface area contributed by atoms with Crippen molar-refractivity contribution in [1.29, 1.82) is 0 Å². The van der Waals surface area contributed by atoms with Crippen LogP contribution in [0.1, 0.15) is 43.5 Å². The third-order valence-corrected chi connectivity index (χ3v) is 5.50. The number of aromatic amines is 1. The van der Waals surface area contributed by atoms with Gasteiger partial charge in [-0.05, 0) is 17.9 Å². The number of carbonyl (C=O) groups excluding carboxylic acids is 2. The van der Waals surface area contributed by atoms with Crippen LogP contribution in [0.2, 0.25) is 0 Å². The molecule has 3 rings (SSSR count). The van der Waals surface area contributed by atoms with Gasteiger partial charge in [-0.1, -0.05) is 67.8 Å². The van der Waals surface area contributed by atoms with Crippen LogP contribution < -0.4 is 10.6 Å². The summed E-state index contributed by atoms with van der Waals surface area (Å²) in [6.07, 6.45) is 7.37. The van der Waals surface area contributed by atoms with E-state index in [0.29, 0.717) is 11.7 Å². The lowest BCUT2D eigenvalue weighted by molar-refractivity contribution is -0.117. The van der Waals surface area contributed by atoms with E-state index in [2.05, 4.69) is 25.8 Å². The third-order valence-electron chi connectivity index (χ3n) is 4.66. The van der Waals surface area contributed by atoms with E-state index in [1.807, 2.05) is 30.3 Å². The standard InChI is InChI=1S/C19H25N5O2S/c25-17(22-18(26)20-12-15-8-2-1-3-9-15)13-27-19-21-16(23-24-19)11-10-14-6-4-5-7-14/h1-3,8-9,14H,4-7,10-13H2,(H,21,23,24)(H2,20,22,25,26). The lowest BCUT2D eigenvalue weighted by Crippen LogP contribution is -2.39. The number of imide groups is 1. The first-order valence-corrected chi connectivity index (χ1v) is 10.3. The number of urea groups is 1. The van der Waals surface area contributed by atoms with Gasteiger partial charge in [0.15, 0.2) is 0 Å². The maximum absolute atomic E-state index is 11.9. The van der Waals surface area contributed by atoms with Gasteiger partial charge in [0.25, 0.3) is 0 Å². The minimum Gasteiger partial charge on any atom is -0.334 e. The number of thioether (sulfide) groups is 1. The lowest BCUT2D eigenvalue weighted by atomic mass is 10.0. The SMILES string of the molecule is O=C(CSc1n[nH]c(CCC2CCCC2)n1)NC(=O)NCc1ccccc1. The maximum Gasteiger partial charge on any atom is 0.321 e. The van der Waals surface area contributed by atoms with Crippen LogP contribution >= 0.6 is 11.8 Å². The van der Waals surface area contributed by atoms with Crippen LogP contribution in [0.15, 0.2) is 35.5 Å². The molecule has 7 nitrogen and oxygen atoms in total. The van der Waals surface area contributed by atoms with Gasteiger partial charge in [-0.15, -0.1) is 5.10 Å². The van der Waals surface area contributed by atoms with E-state index in [0.717, 1.165) is 30.1 Å². The molecule has 0 radical (unpaired) electrons. The molecular formula is C19H25N5O2S. The molecule has 0 saturated heterocycles. The number of carbonyl (C=O) groups is 2. The first kappa shape index (κ1) is 19.4. The van der Waals surface area contributed by atoms with Gasteiger partial charge < -0.3 is 5.32 Å². The van der Waals surface area contributed by atoms with E-state index < -0.39 is 6.03 Å². The zero-order valence-electron chi connectivity index (χ0n) is 15.2. The van der Waals surface area contributed by atoms with Gasteiger partial charge in [0, 0.05) is 13.0 Å². The zero-order valence-corrected chi connectivity index (χ0v) is 16.1. The van der Waals surface area contributed by atoms with Crippen LogP contribution in [0.5, 0.6) is 0 Å². The molecule has 1 aromatic carbocycles. The Hall–Kier alpha value is -2.35. The van der Waals surface area contributed by atoms with Crippen LogP contribution in [0, 0.1) is 5.92 Å². The molecule has 2 aromatic rings. The highest BCUT2D eigenvalue weighted by Gasteiger charge is 2.16. The quantitative estimate of drug-likeness (QED) is 0.605. The molecule has 1 aliphatic carbocycles. The van der Waals surface area contributed by atoms with Crippen molar-refractivity contribution in [2.45, 2.75) is 50.2 Å². The summed E-state index contributed by atoms with van der Waals surface area (Å²) in [5.41, 5.74) is 0.973.